The lowest BCUT2D eigenvalue weighted by atomic mass is 10.2. The molecule has 20 heavy (non-hydrogen) atoms. The fourth-order valence-electron chi connectivity index (χ4n) is 1.66. The second-order valence-corrected chi connectivity index (χ2v) is 4.64. The van der Waals surface area contributed by atoms with Crippen LogP contribution in [0.2, 0.25) is 0 Å². The van der Waals surface area contributed by atoms with Crippen LogP contribution in [0.3, 0.4) is 0 Å². The van der Waals surface area contributed by atoms with Gasteiger partial charge >= 0.3 is 0 Å². The highest BCUT2D eigenvalue weighted by Gasteiger charge is 2.02. The monoisotopic (exact) mass is 279 g/mol. The van der Waals surface area contributed by atoms with Gasteiger partial charge in [0.2, 0.25) is 0 Å². The second-order valence-electron chi connectivity index (χ2n) is 4.64. The summed E-state index contributed by atoms with van der Waals surface area (Å²) < 4.78 is 11.3. The Labute approximate surface area is 121 Å². The topological polar surface area (TPSA) is 39.7 Å². The van der Waals surface area contributed by atoms with Gasteiger partial charge in [0.15, 0.2) is 0 Å². The Morgan fingerprint density at radius 1 is 1.20 bits per heavy atom. The maximum atomic E-state index is 5.79. The summed E-state index contributed by atoms with van der Waals surface area (Å²) in [7, 11) is 0. The molecule has 1 N–H and O–H groups in total. The molecule has 1 unspecified atom stereocenters. The fraction of sp³-hybridized carbons (Fsp3) is 0.500. The molecule has 0 radical (unpaired) electrons. The van der Waals surface area contributed by atoms with Gasteiger partial charge in [0.05, 0.1) is 18.4 Å². The van der Waals surface area contributed by atoms with E-state index in [0.29, 0.717) is 6.61 Å². The van der Waals surface area contributed by atoms with Crippen molar-refractivity contribution < 1.29 is 14.3 Å². The molecule has 0 saturated carbocycles. The number of benzene rings is 1. The first-order valence-electron chi connectivity index (χ1n) is 7.13. The minimum absolute atomic E-state index is 0.240. The Kier molecular flexibility index (Phi) is 7.58. The lowest BCUT2D eigenvalue weighted by Gasteiger charge is -2.13. The lowest BCUT2D eigenvalue weighted by molar-refractivity contribution is 0.0720. The molecule has 0 aliphatic rings. The van der Waals surface area contributed by atoms with E-state index in [1.54, 1.807) is 6.26 Å². The quantitative estimate of drug-likeness (QED) is 0.547. The van der Waals surface area contributed by atoms with Gasteiger partial charge in [0.1, 0.15) is 17.8 Å². The second kappa shape index (κ2) is 9.26. The average molecular weight is 279 g/mol. The Hall–Kier alpha value is -1.68. The van der Waals surface area contributed by atoms with Gasteiger partial charge in [-0.1, -0.05) is 13.3 Å². The highest BCUT2D eigenvalue weighted by atomic mass is 16.6. The van der Waals surface area contributed by atoms with Crippen LogP contribution in [0.5, 0.6) is 11.5 Å². The first kappa shape index (κ1) is 16.4. The zero-order chi connectivity index (χ0) is 14.8. The third kappa shape index (κ3) is 6.48. The normalized spacial score (nSPS) is 12.9. The molecule has 1 rings (SSSR count). The molecule has 0 aromatic heterocycles. The molecule has 1 aromatic carbocycles. The lowest BCUT2D eigenvalue weighted by Crippen LogP contribution is -2.12. The van der Waals surface area contributed by atoms with Crippen LogP contribution in [0.1, 0.15) is 40.5 Å². The van der Waals surface area contributed by atoms with E-state index in [1.165, 1.54) is 0 Å². The smallest absolute Gasteiger partial charge is 0.126 e. The Balaban J connectivity index is 2.46. The first-order chi connectivity index (χ1) is 9.65. The molecule has 0 amide bonds. The average Bonchev–Trinajstić information content (AvgIpc) is 2.44. The van der Waals surface area contributed by atoms with Crippen molar-refractivity contribution >= 4 is 0 Å². The molecule has 0 saturated heterocycles. The van der Waals surface area contributed by atoms with Crippen LogP contribution >= 0.6 is 0 Å². The summed E-state index contributed by atoms with van der Waals surface area (Å²) in [5, 5.41) is 0. The van der Waals surface area contributed by atoms with E-state index in [4.69, 9.17) is 14.3 Å². The molecule has 0 spiro atoms. The molecule has 4 nitrogen and oxygen atoms in total. The van der Waals surface area contributed by atoms with Crippen LogP contribution in [0.15, 0.2) is 36.2 Å². The van der Waals surface area contributed by atoms with Gasteiger partial charge in [-0.2, -0.15) is 0 Å². The van der Waals surface area contributed by atoms with Crippen LogP contribution in [0.4, 0.5) is 0 Å². The van der Waals surface area contributed by atoms with Crippen molar-refractivity contribution in [1.82, 2.24) is 5.48 Å². The number of ether oxygens (including phenoxy) is 2. The largest absolute Gasteiger partial charge is 0.491 e. The summed E-state index contributed by atoms with van der Waals surface area (Å²) in [6.07, 6.45) is 4.04. The van der Waals surface area contributed by atoms with Crippen LogP contribution in [-0.2, 0) is 4.84 Å². The van der Waals surface area contributed by atoms with Crippen LogP contribution in [0.25, 0.3) is 0 Å². The molecular weight excluding hydrogens is 254 g/mol. The maximum absolute atomic E-state index is 5.79. The molecule has 0 bridgehead atoms. The van der Waals surface area contributed by atoms with Crippen molar-refractivity contribution in [2.24, 2.45) is 0 Å². The Morgan fingerprint density at radius 3 is 2.45 bits per heavy atom. The van der Waals surface area contributed by atoms with Gasteiger partial charge in [-0.3, -0.25) is 10.3 Å². The number of hydrogen-bond acceptors (Lipinski definition) is 4. The van der Waals surface area contributed by atoms with E-state index in [9.17, 15) is 0 Å². The van der Waals surface area contributed by atoms with E-state index in [1.807, 2.05) is 38.1 Å². The molecule has 1 aromatic rings. The number of nitrogens with one attached hydrogen (secondary N) is 1. The van der Waals surface area contributed by atoms with Gasteiger partial charge in [0, 0.05) is 0 Å². The third-order valence-corrected chi connectivity index (χ3v) is 2.61. The van der Waals surface area contributed by atoms with E-state index in [-0.39, 0.29) is 6.10 Å². The zero-order valence-corrected chi connectivity index (χ0v) is 12.8. The minimum Gasteiger partial charge on any atom is -0.491 e. The number of allylic oxidation sites excluding steroid dienone is 1. The van der Waals surface area contributed by atoms with E-state index in [0.717, 1.165) is 30.0 Å². The standard InChI is InChI=1S/C16H25NO3/c1-5-7-14(4)20-16-10-8-15(9-11-16)18-12-13(3)17-19-6-2/h8-12,14,17H,5-7H2,1-4H3. The predicted octanol–water partition coefficient (Wildman–Crippen LogP) is 4.04. The number of rotatable bonds is 9. The summed E-state index contributed by atoms with van der Waals surface area (Å²) in [6.45, 7) is 8.63. The summed E-state index contributed by atoms with van der Waals surface area (Å²) in [5.74, 6) is 1.63. The van der Waals surface area contributed by atoms with Crippen molar-refractivity contribution in [3.05, 3.63) is 36.2 Å². The maximum Gasteiger partial charge on any atom is 0.126 e. The van der Waals surface area contributed by atoms with Gasteiger partial charge < -0.3 is 9.47 Å². The summed E-state index contributed by atoms with van der Waals surface area (Å²) in [5.41, 5.74) is 3.57. The third-order valence-electron chi connectivity index (χ3n) is 2.61. The van der Waals surface area contributed by atoms with Gasteiger partial charge in [0.25, 0.3) is 0 Å². The van der Waals surface area contributed by atoms with E-state index in [2.05, 4.69) is 19.3 Å². The van der Waals surface area contributed by atoms with Crippen molar-refractivity contribution in [2.75, 3.05) is 6.61 Å². The number of hydroxylamine groups is 1. The SMILES string of the molecule is CCCC(C)Oc1ccc(OC=C(C)NOCC)cc1. The zero-order valence-electron chi connectivity index (χ0n) is 12.8. The first-order valence-corrected chi connectivity index (χ1v) is 7.13. The number of hydrogen-bond donors (Lipinski definition) is 1. The minimum atomic E-state index is 0.240. The van der Waals surface area contributed by atoms with Crippen LogP contribution in [0, 0.1) is 0 Å². The Bertz CT molecular complexity index is 401. The fourth-order valence-corrected chi connectivity index (χ4v) is 1.66. The highest BCUT2D eigenvalue weighted by molar-refractivity contribution is 5.31. The van der Waals surface area contributed by atoms with E-state index >= 15 is 0 Å². The molecular formula is C16H25NO3. The molecule has 112 valence electrons. The Morgan fingerprint density at radius 2 is 1.85 bits per heavy atom. The van der Waals surface area contributed by atoms with Gasteiger partial charge in [-0.15, -0.1) is 0 Å². The van der Waals surface area contributed by atoms with Crippen molar-refractivity contribution in [3.63, 3.8) is 0 Å². The predicted molar refractivity (Wildman–Crippen MR) is 80.6 cm³/mol. The van der Waals surface area contributed by atoms with Crippen LogP contribution in [-0.4, -0.2) is 12.7 Å². The molecule has 4 heteroatoms. The van der Waals surface area contributed by atoms with Crippen molar-refractivity contribution in [3.8, 4) is 11.5 Å². The highest BCUT2D eigenvalue weighted by Crippen LogP contribution is 2.19. The summed E-state index contributed by atoms with van der Waals surface area (Å²) in [4.78, 5) is 5.05. The van der Waals surface area contributed by atoms with Crippen molar-refractivity contribution in [2.45, 2.75) is 46.6 Å². The van der Waals surface area contributed by atoms with Gasteiger partial charge in [-0.25, -0.2) is 0 Å². The summed E-state index contributed by atoms with van der Waals surface area (Å²) in [6, 6.07) is 7.61. The van der Waals surface area contributed by atoms with Crippen LogP contribution < -0.4 is 15.0 Å². The summed E-state index contributed by atoms with van der Waals surface area (Å²) >= 11 is 0. The molecule has 0 heterocycles. The molecule has 0 fully saturated rings. The molecule has 1 atom stereocenters. The van der Waals surface area contributed by atoms with E-state index < -0.39 is 0 Å². The van der Waals surface area contributed by atoms with Gasteiger partial charge in [-0.05, 0) is 51.5 Å². The molecule has 0 aliphatic carbocycles. The molecule has 0 aliphatic heterocycles. The van der Waals surface area contributed by atoms with Crippen molar-refractivity contribution in [1.29, 1.82) is 0 Å².